The normalized spacial score (nSPS) is 13.6. The zero-order valence-electron chi connectivity index (χ0n) is 17.8. The minimum absolute atomic E-state index is 0.0679. The smallest absolute Gasteiger partial charge is 0.251 e. The highest BCUT2D eigenvalue weighted by Crippen LogP contribution is 2.17. The SMILES string of the molecule is O=C(NCCC(=O)N1CCN(c2ccccc2)CC1)c1cccc(OCc2cscn2)c1. The van der Waals surface area contributed by atoms with E-state index in [9.17, 15) is 9.59 Å². The summed E-state index contributed by atoms with van der Waals surface area (Å²) in [6.45, 7) is 3.69. The number of piperazine rings is 1. The van der Waals surface area contributed by atoms with E-state index in [4.69, 9.17) is 4.74 Å². The van der Waals surface area contributed by atoms with Gasteiger partial charge in [0.2, 0.25) is 5.91 Å². The van der Waals surface area contributed by atoms with E-state index in [2.05, 4.69) is 27.3 Å². The maximum atomic E-state index is 12.5. The molecule has 1 aliphatic rings. The van der Waals surface area contributed by atoms with Crippen LogP contribution < -0.4 is 15.0 Å². The highest BCUT2D eigenvalue weighted by Gasteiger charge is 2.21. The fourth-order valence-electron chi connectivity index (χ4n) is 3.59. The number of rotatable bonds is 8. The van der Waals surface area contributed by atoms with Crippen molar-refractivity contribution in [1.82, 2.24) is 15.2 Å². The zero-order chi connectivity index (χ0) is 22.2. The number of nitrogens with zero attached hydrogens (tertiary/aromatic N) is 3. The van der Waals surface area contributed by atoms with E-state index in [1.165, 1.54) is 17.0 Å². The van der Waals surface area contributed by atoms with Crippen LogP contribution in [0.15, 0.2) is 65.5 Å². The third-order valence-electron chi connectivity index (χ3n) is 5.34. The molecule has 3 aromatic rings. The Kier molecular flexibility index (Phi) is 7.34. The molecule has 2 aromatic carbocycles. The lowest BCUT2D eigenvalue weighted by Crippen LogP contribution is -2.49. The standard InChI is InChI=1S/C24H26N4O3S/c29-23(28-13-11-27(12-14-28)21-6-2-1-3-7-21)9-10-25-24(30)19-5-4-8-22(15-19)31-16-20-17-32-18-26-20/h1-8,15,17-18H,9-14,16H2,(H,25,30). The van der Waals surface area contributed by atoms with Crippen LogP contribution in [0.25, 0.3) is 0 Å². The number of aromatic nitrogens is 1. The number of nitrogens with one attached hydrogen (secondary N) is 1. The van der Waals surface area contributed by atoms with Gasteiger partial charge >= 0.3 is 0 Å². The van der Waals surface area contributed by atoms with Crippen molar-refractivity contribution in [2.75, 3.05) is 37.6 Å². The number of para-hydroxylation sites is 1. The number of hydrogen-bond donors (Lipinski definition) is 1. The van der Waals surface area contributed by atoms with Gasteiger partial charge in [-0.3, -0.25) is 9.59 Å². The van der Waals surface area contributed by atoms with E-state index in [-0.39, 0.29) is 18.2 Å². The van der Waals surface area contributed by atoms with Crippen LogP contribution in [0.1, 0.15) is 22.5 Å². The number of ether oxygens (including phenoxy) is 1. The second-order valence-corrected chi connectivity index (χ2v) is 8.22. The van der Waals surface area contributed by atoms with Crippen LogP contribution in [0.2, 0.25) is 0 Å². The molecule has 1 fully saturated rings. The minimum atomic E-state index is -0.217. The minimum Gasteiger partial charge on any atom is -0.487 e. The number of anilines is 1. The predicted octanol–water partition coefficient (Wildman–Crippen LogP) is 3.19. The molecule has 1 saturated heterocycles. The quantitative estimate of drug-likeness (QED) is 0.571. The first kappa shape index (κ1) is 21.8. The summed E-state index contributed by atoms with van der Waals surface area (Å²) >= 11 is 1.51. The fraction of sp³-hybridized carbons (Fsp3) is 0.292. The molecule has 0 atom stereocenters. The second-order valence-electron chi connectivity index (χ2n) is 7.51. The highest BCUT2D eigenvalue weighted by molar-refractivity contribution is 7.07. The fourth-order valence-corrected chi connectivity index (χ4v) is 4.13. The van der Waals surface area contributed by atoms with Crippen molar-refractivity contribution >= 4 is 28.8 Å². The van der Waals surface area contributed by atoms with Gasteiger partial charge < -0.3 is 19.9 Å². The van der Waals surface area contributed by atoms with E-state index in [0.29, 0.717) is 37.6 Å². The Morgan fingerprint density at radius 1 is 1.03 bits per heavy atom. The van der Waals surface area contributed by atoms with Crippen LogP contribution in [0, 0.1) is 0 Å². The molecule has 1 aliphatic heterocycles. The van der Waals surface area contributed by atoms with Crippen molar-refractivity contribution in [1.29, 1.82) is 0 Å². The van der Waals surface area contributed by atoms with Gasteiger partial charge in [-0.05, 0) is 30.3 Å². The molecule has 1 N–H and O–H groups in total. The number of benzene rings is 2. The van der Waals surface area contributed by atoms with Crippen LogP contribution in [0.4, 0.5) is 5.69 Å². The lowest BCUT2D eigenvalue weighted by atomic mass is 10.2. The summed E-state index contributed by atoms with van der Waals surface area (Å²) < 4.78 is 5.70. The molecule has 0 spiro atoms. The molecule has 2 heterocycles. The summed E-state index contributed by atoms with van der Waals surface area (Å²) in [6, 6.07) is 17.3. The monoisotopic (exact) mass is 450 g/mol. The summed E-state index contributed by atoms with van der Waals surface area (Å²) in [7, 11) is 0. The van der Waals surface area contributed by atoms with Crippen LogP contribution >= 0.6 is 11.3 Å². The summed E-state index contributed by atoms with van der Waals surface area (Å²) in [6.07, 6.45) is 0.289. The lowest BCUT2D eigenvalue weighted by molar-refractivity contribution is -0.131. The predicted molar refractivity (Wildman–Crippen MR) is 125 cm³/mol. The zero-order valence-corrected chi connectivity index (χ0v) is 18.6. The topological polar surface area (TPSA) is 74.8 Å². The van der Waals surface area contributed by atoms with Crippen molar-refractivity contribution in [2.24, 2.45) is 0 Å². The van der Waals surface area contributed by atoms with Gasteiger partial charge in [0.1, 0.15) is 12.4 Å². The first-order chi connectivity index (χ1) is 15.7. The van der Waals surface area contributed by atoms with Gasteiger partial charge in [0.25, 0.3) is 5.91 Å². The third-order valence-corrected chi connectivity index (χ3v) is 5.98. The van der Waals surface area contributed by atoms with Crippen LogP contribution in [0.5, 0.6) is 5.75 Å². The first-order valence-electron chi connectivity index (χ1n) is 10.6. The van der Waals surface area contributed by atoms with Crippen molar-refractivity contribution in [3.05, 3.63) is 76.7 Å². The molecule has 0 bridgehead atoms. The van der Waals surface area contributed by atoms with Gasteiger partial charge in [-0.1, -0.05) is 24.3 Å². The van der Waals surface area contributed by atoms with Crippen molar-refractivity contribution in [2.45, 2.75) is 13.0 Å². The van der Waals surface area contributed by atoms with E-state index in [0.717, 1.165) is 18.8 Å². The largest absolute Gasteiger partial charge is 0.487 e. The number of carbonyl (C=O) groups is 2. The number of thiazole rings is 1. The van der Waals surface area contributed by atoms with Gasteiger partial charge in [0.05, 0.1) is 11.2 Å². The van der Waals surface area contributed by atoms with Crippen molar-refractivity contribution in [3.8, 4) is 5.75 Å². The van der Waals surface area contributed by atoms with Gasteiger partial charge in [-0.25, -0.2) is 4.98 Å². The molecule has 166 valence electrons. The van der Waals surface area contributed by atoms with E-state index < -0.39 is 0 Å². The van der Waals surface area contributed by atoms with E-state index in [1.807, 2.05) is 34.5 Å². The van der Waals surface area contributed by atoms with Gasteiger partial charge in [0.15, 0.2) is 0 Å². The maximum Gasteiger partial charge on any atom is 0.251 e. The Morgan fingerprint density at radius 2 is 1.84 bits per heavy atom. The molecule has 8 heteroatoms. The number of amides is 2. The third kappa shape index (κ3) is 5.85. The number of carbonyl (C=O) groups excluding carboxylic acids is 2. The van der Waals surface area contributed by atoms with Gasteiger partial charge in [-0.2, -0.15) is 0 Å². The highest BCUT2D eigenvalue weighted by atomic mass is 32.1. The molecular formula is C24H26N4O3S. The van der Waals surface area contributed by atoms with E-state index >= 15 is 0 Å². The average Bonchev–Trinajstić information content (AvgIpc) is 3.37. The molecule has 0 unspecified atom stereocenters. The van der Waals surface area contributed by atoms with Crippen molar-refractivity contribution < 1.29 is 14.3 Å². The van der Waals surface area contributed by atoms with Gasteiger partial charge in [0, 0.05) is 55.8 Å². The Bertz CT molecular complexity index is 1020. The molecule has 0 aliphatic carbocycles. The maximum absolute atomic E-state index is 12.5. The summed E-state index contributed by atoms with van der Waals surface area (Å²) in [4.78, 5) is 33.4. The molecule has 7 nitrogen and oxygen atoms in total. The first-order valence-corrected chi connectivity index (χ1v) is 11.6. The van der Waals surface area contributed by atoms with Crippen LogP contribution in [-0.2, 0) is 11.4 Å². The summed E-state index contributed by atoms with van der Waals surface area (Å²) in [5.41, 5.74) is 4.30. The molecule has 4 rings (SSSR count). The molecule has 32 heavy (non-hydrogen) atoms. The second kappa shape index (κ2) is 10.8. The van der Waals surface area contributed by atoms with Crippen LogP contribution in [-0.4, -0.2) is 54.4 Å². The molecule has 1 aromatic heterocycles. The average molecular weight is 451 g/mol. The summed E-state index contributed by atoms with van der Waals surface area (Å²) in [5, 5.41) is 4.76. The Labute approximate surface area is 191 Å². The van der Waals surface area contributed by atoms with Gasteiger partial charge in [-0.15, -0.1) is 11.3 Å². The molecule has 0 saturated carbocycles. The number of hydrogen-bond acceptors (Lipinski definition) is 6. The van der Waals surface area contributed by atoms with E-state index in [1.54, 1.807) is 23.7 Å². The summed E-state index contributed by atoms with van der Waals surface area (Å²) in [5.74, 6) is 0.460. The Morgan fingerprint density at radius 3 is 2.59 bits per heavy atom. The lowest BCUT2D eigenvalue weighted by Gasteiger charge is -2.36. The Balaban J connectivity index is 1.19. The van der Waals surface area contributed by atoms with Crippen LogP contribution in [0.3, 0.4) is 0 Å². The molecular weight excluding hydrogens is 424 g/mol. The molecule has 0 radical (unpaired) electrons. The molecule has 2 amide bonds. The van der Waals surface area contributed by atoms with Crippen molar-refractivity contribution in [3.63, 3.8) is 0 Å². The Hall–Kier alpha value is -3.39.